The number of aryl methyl sites for hydroxylation is 1. The average Bonchev–Trinajstić information content (AvgIpc) is 2.63. The number of rotatable bonds is 3. The predicted molar refractivity (Wildman–Crippen MR) is 75.8 cm³/mol. The normalized spacial score (nSPS) is 11.2. The summed E-state index contributed by atoms with van der Waals surface area (Å²) in [4.78, 5) is 0. The fraction of sp³-hybridized carbons (Fsp3) is 0.250. The minimum Gasteiger partial charge on any atom is -0.492 e. The molecule has 4 nitrogen and oxygen atoms in total. The molecule has 0 aliphatic heterocycles. The molecule has 18 heavy (non-hydrogen) atoms. The van der Waals surface area contributed by atoms with Crippen molar-refractivity contribution in [2.75, 3.05) is 0 Å². The van der Waals surface area contributed by atoms with Crippen molar-refractivity contribution in [3.63, 3.8) is 0 Å². The van der Waals surface area contributed by atoms with E-state index in [-0.39, 0.29) is 5.88 Å². The van der Waals surface area contributed by atoms with E-state index in [9.17, 15) is 5.11 Å². The molecule has 0 amide bonds. The standard InChI is InChI=1S/C12H13N3OS2/c1-3-15-11(16)10(18-12(15)17)14-13-9-6-4-8(2)5-7-9/h4-7,16H,3H2,1-2H3. The summed E-state index contributed by atoms with van der Waals surface area (Å²) in [6, 6.07) is 7.69. The molecule has 1 heterocycles. The third-order valence-corrected chi connectivity index (χ3v) is 3.78. The molecule has 0 bridgehead atoms. The van der Waals surface area contributed by atoms with Gasteiger partial charge in [0, 0.05) is 6.54 Å². The third kappa shape index (κ3) is 2.65. The smallest absolute Gasteiger partial charge is 0.232 e. The monoisotopic (exact) mass is 279 g/mol. The third-order valence-electron chi connectivity index (χ3n) is 2.46. The first-order chi connectivity index (χ1) is 8.61. The summed E-state index contributed by atoms with van der Waals surface area (Å²) in [7, 11) is 0. The zero-order valence-corrected chi connectivity index (χ0v) is 11.8. The largest absolute Gasteiger partial charge is 0.492 e. The lowest BCUT2D eigenvalue weighted by molar-refractivity contribution is 0.421. The van der Waals surface area contributed by atoms with Gasteiger partial charge in [-0.3, -0.25) is 4.57 Å². The number of azo groups is 1. The van der Waals surface area contributed by atoms with Gasteiger partial charge in [-0.25, -0.2) is 0 Å². The van der Waals surface area contributed by atoms with Crippen molar-refractivity contribution in [3.8, 4) is 5.88 Å². The van der Waals surface area contributed by atoms with Gasteiger partial charge in [-0.1, -0.05) is 29.0 Å². The number of aromatic hydroxyl groups is 1. The van der Waals surface area contributed by atoms with Gasteiger partial charge < -0.3 is 5.11 Å². The molecule has 94 valence electrons. The maximum atomic E-state index is 9.88. The summed E-state index contributed by atoms with van der Waals surface area (Å²) in [5, 5.41) is 18.5. The van der Waals surface area contributed by atoms with Crippen molar-refractivity contribution in [2.24, 2.45) is 10.2 Å². The number of hydrogen-bond acceptors (Lipinski definition) is 5. The lowest BCUT2D eigenvalue weighted by atomic mass is 10.2. The Balaban J connectivity index is 2.29. The first-order valence-electron chi connectivity index (χ1n) is 5.53. The highest BCUT2D eigenvalue weighted by atomic mass is 32.1. The highest BCUT2D eigenvalue weighted by Gasteiger charge is 2.09. The molecule has 0 aliphatic carbocycles. The van der Waals surface area contributed by atoms with Gasteiger partial charge in [0.2, 0.25) is 10.9 Å². The number of aromatic nitrogens is 1. The molecule has 0 fully saturated rings. The number of hydrogen-bond donors (Lipinski definition) is 1. The van der Waals surface area contributed by atoms with Crippen molar-refractivity contribution >= 4 is 34.2 Å². The Kier molecular flexibility index (Phi) is 3.88. The molecule has 0 unspecified atom stereocenters. The molecular weight excluding hydrogens is 266 g/mol. The van der Waals surface area contributed by atoms with Crippen LogP contribution in [0.4, 0.5) is 10.7 Å². The van der Waals surface area contributed by atoms with E-state index in [2.05, 4.69) is 10.2 Å². The lowest BCUT2D eigenvalue weighted by Gasteiger charge is -1.97. The minimum atomic E-state index is 0.0864. The van der Waals surface area contributed by atoms with Crippen LogP contribution >= 0.6 is 23.6 Å². The zero-order chi connectivity index (χ0) is 13.1. The van der Waals surface area contributed by atoms with Gasteiger partial charge in [-0.05, 0) is 38.2 Å². The Hall–Kier alpha value is -1.53. The van der Waals surface area contributed by atoms with Gasteiger partial charge >= 0.3 is 0 Å². The molecule has 1 aromatic heterocycles. The van der Waals surface area contributed by atoms with Gasteiger partial charge in [0.15, 0.2) is 3.95 Å². The number of nitrogens with zero attached hydrogens (tertiary/aromatic N) is 3. The van der Waals surface area contributed by atoms with E-state index < -0.39 is 0 Å². The van der Waals surface area contributed by atoms with E-state index in [1.807, 2.05) is 38.1 Å². The van der Waals surface area contributed by atoms with E-state index >= 15 is 0 Å². The Morgan fingerprint density at radius 1 is 1.28 bits per heavy atom. The molecule has 0 aliphatic rings. The van der Waals surface area contributed by atoms with Crippen LogP contribution in [0.1, 0.15) is 12.5 Å². The maximum absolute atomic E-state index is 9.88. The van der Waals surface area contributed by atoms with Crippen LogP contribution in [0, 0.1) is 10.9 Å². The predicted octanol–water partition coefficient (Wildman–Crippen LogP) is 4.73. The molecule has 2 aromatic rings. The summed E-state index contributed by atoms with van der Waals surface area (Å²) in [5.74, 6) is 0.0864. The van der Waals surface area contributed by atoms with Crippen LogP contribution in [0.5, 0.6) is 5.88 Å². The molecule has 0 saturated carbocycles. The van der Waals surface area contributed by atoms with Crippen molar-refractivity contribution in [1.29, 1.82) is 0 Å². The topological polar surface area (TPSA) is 49.9 Å². The van der Waals surface area contributed by atoms with Crippen LogP contribution in [-0.4, -0.2) is 9.67 Å². The van der Waals surface area contributed by atoms with E-state index in [0.29, 0.717) is 15.5 Å². The summed E-state index contributed by atoms with van der Waals surface area (Å²) < 4.78 is 2.23. The quantitative estimate of drug-likeness (QED) is 0.652. The molecule has 1 N–H and O–H groups in total. The second kappa shape index (κ2) is 5.41. The highest BCUT2D eigenvalue weighted by Crippen LogP contribution is 2.35. The van der Waals surface area contributed by atoms with E-state index in [1.165, 1.54) is 16.9 Å². The van der Waals surface area contributed by atoms with E-state index in [1.54, 1.807) is 4.57 Å². The SMILES string of the molecule is CCn1c(O)c(N=Nc2ccc(C)cc2)sc1=S. The zero-order valence-electron chi connectivity index (χ0n) is 10.1. The summed E-state index contributed by atoms with van der Waals surface area (Å²) in [6.07, 6.45) is 0. The molecule has 6 heteroatoms. The van der Waals surface area contributed by atoms with Crippen molar-refractivity contribution in [1.82, 2.24) is 4.57 Å². The second-order valence-corrected chi connectivity index (χ2v) is 5.40. The van der Waals surface area contributed by atoms with Crippen LogP contribution in [0.25, 0.3) is 0 Å². The summed E-state index contributed by atoms with van der Waals surface area (Å²) in [5.41, 5.74) is 1.92. The molecule has 1 aromatic carbocycles. The van der Waals surface area contributed by atoms with Crippen molar-refractivity contribution < 1.29 is 5.11 Å². The van der Waals surface area contributed by atoms with Crippen LogP contribution < -0.4 is 0 Å². The Labute approximate surface area is 114 Å². The molecule has 0 saturated heterocycles. The Bertz CT molecular complexity index is 626. The molecule has 0 spiro atoms. The average molecular weight is 279 g/mol. The van der Waals surface area contributed by atoms with Gasteiger partial charge in [0.05, 0.1) is 5.69 Å². The van der Waals surface area contributed by atoms with Gasteiger partial charge in [-0.15, -0.1) is 10.2 Å². The molecule has 0 radical (unpaired) electrons. The molecule has 0 atom stereocenters. The second-order valence-electron chi connectivity index (χ2n) is 3.78. The maximum Gasteiger partial charge on any atom is 0.232 e. The van der Waals surface area contributed by atoms with Gasteiger partial charge in [-0.2, -0.15) is 0 Å². The van der Waals surface area contributed by atoms with Crippen molar-refractivity contribution in [3.05, 3.63) is 33.8 Å². The minimum absolute atomic E-state index is 0.0864. The van der Waals surface area contributed by atoms with Crippen LogP contribution in [-0.2, 0) is 6.54 Å². The van der Waals surface area contributed by atoms with Crippen LogP contribution in [0.3, 0.4) is 0 Å². The Morgan fingerprint density at radius 3 is 2.50 bits per heavy atom. The molecular formula is C12H13N3OS2. The first-order valence-corrected chi connectivity index (χ1v) is 6.75. The van der Waals surface area contributed by atoms with E-state index in [4.69, 9.17) is 12.2 Å². The van der Waals surface area contributed by atoms with Gasteiger partial charge in [0.1, 0.15) is 0 Å². The summed E-state index contributed by atoms with van der Waals surface area (Å²) >= 11 is 6.38. The van der Waals surface area contributed by atoms with Crippen LogP contribution in [0.2, 0.25) is 0 Å². The Morgan fingerprint density at radius 2 is 1.94 bits per heavy atom. The fourth-order valence-electron chi connectivity index (χ4n) is 1.44. The number of benzene rings is 1. The first kappa shape index (κ1) is 12.9. The lowest BCUT2D eigenvalue weighted by Crippen LogP contribution is -1.90. The van der Waals surface area contributed by atoms with Gasteiger partial charge in [0.25, 0.3) is 0 Å². The van der Waals surface area contributed by atoms with Crippen LogP contribution in [0.15, 0.2) is 34.5 Å². The highest BCUT2D eigenvalue weighted by molar-refractivity contribution is 7.73. The molecule has 2 rings (SSSR count). The van der Waals surface area contributed by atoms with E-state index in [0.717, 1.165) is 5.69 Å². The summed E-state index contributed by atoms with van der Waals surface area (Å²) in [6.45, 7) is 4.56. The fourth-order valence-corrected chi connectivity index (χ4v) is 2.67. The number of thiazole rings is 1. The van der Waals surface area contributed by atoms with Crippen molar-refractivity contribution in [2.45, 2.75) is 20.4 Å².